The maximum absolute atomic E-state index is 12.6. The van der Waals surface area contributed by atoms with Crippen LogP contribution in [0.25, 0.3) is 0 Å². The van der Waals surface area contributed by atoms with Gasteiger partial charge in [0.25, 0.3) is 0 Å². The molecule has 130 valence electrons. The minimum atomic E-state index is -0.784. The van der Waals surface area contributed by atoms with Crippen LogP contribution in [0.3, 0.4) is 0 Å². The lowest BCUT2D eigenvalue weighted by atomic mass is 9.86. The number of benzene rings is 1. The molecule has 0 aromatic heterocycles. The average molecular weight is 320 g/mol. The molecule has 0 saturated carbocycles. The molecule has 3 nitrogen and oxygen atoms in total. The van der Waals surface area contributed by atoms with Crippen molar-refractivity contribution >= 4 is 5.78 Å². The van der Waals surface area contributed by atoms with Crippen LogP contribution >= 0.6 is 0 Å². The molecule has 0 aliphatic heterocycles. The van der Waals surface area contributed by atoms with Crippen molar-refractivity contribution in [3.63, 3.8) is 0 Å². The molecule has 1 aromatic carbocycles. The molecule has 0 spiro atoms. The van der Waals surface area contributed by atoms with Gasteiger partial charge in [0.05, 0.1) is 13.2 Å². The van der Waals surface area contributed by atoms with Gasteiger partial charge in [-0.3, -0.25) is 4.79 Å². The second kappa shape index (κ2) is 9.84. The minimum Gasteiger partial charge on any atom is -0.346 e. The van der Waals surface area contributed by atoms with Gasteiger partial charge in [-0.25, -0.2) is 0 Å². The number of ketones is 1. The van der Waals surface area contributed by atoms with Crippen molar-refractivity contribution in [2.24, 2.45) is 0 Å². The largest absolute Gasteiger partial charge is 0.346 e. The topological polar surface area (TPSA) is 35.5 Å². The average Bonchev–Trinajstić information content (AvgIpc) is 2.52. The molecule has 0 bridgehead atoms. The van der Waals surface area contributed by atoms with Crippen molar-refractivity contribution in [1.82, 2.24) is 0 Å². The fourth-order valence-corrected chi connectivity index (χ4v) is 2.14. The van der Waals surface area contributed by atoms with Crippen LogP contribution in [0, 0.1) is 0 Å². The van der Waals surface area contributed by atoms with E-state index in [1.807, 2.05) is 24.3 Å². The van der Waals surface area contributed by atoms with Crippen LogP contribution < -0.4 is 0 Å². The van der Waals surface area contributed by atoms with Gasteiger partial charge in [-0.2, -0.15) is 0 Å². The van der Waals surface area contributed by atoms with Crippen molar-refractivity contribution in [2.75, 3.05) is 13.2 Å². The maximum atomic E-state index is 12.6. The molecule has 23 heavy (non-hydrogen) atoms. The fraction of sp³-hybridized carbons (Fsp3) is 0.650. The third-order valence-corrected chi connectivity index (χ3v) is 3.78. The molecule has 0 unspecified atom stereocenters. The predicted octanol–water partition coefficient (Wildman–Crippen LogP) is 5.13. The fourth-order valence-electron chi connectivity index (χ4n) is 2.14. The first-order valence-corrected chi connectivity index (χ1v) is 8.78. The van der Waals surface area contributed by atoms with Gasteiger partial charge in [-0.1, -0.05) is 71.7 Å². The molecule has 0 aliphatic rings. The quantitative estimate of drug-likeness (QED) is 0.341. The van der Waals surface area contributed by atoms with Crippen LogP contribution in [0.2, 0.25) is 0 Å². The smallest absolute Gasteiger partial charge is 0.222 e. The number of hydrogen-bond donors (Lipinski definition) is 0. The second-order valence-electron chi connectivity index (χ2n) is 6.97. The summed E-state index contributed by atoms with van der Waals surface area (Å²) in [7, 11) is 0. The monoisotopic (exact) mass is 320 g/mol. The number of ether oxygens (including phenoxy) is 2. The standard InChI is InChI=1S/C20H32O3/c1-6-8-14-22-19(23-15-9-7-2)18(21)16-10-12-17(13-11-16)20(3,4)5/h10-13,19H,6-9,14-15H2,1-5H3. The van der Waals surface area contributed by atoms with Gasteiger partial charge in [0, 0.05) is 5.56 Å². The summed E-state index contributed by atoms with van der Waals surface area (Å²) in [6.07, 6.45) is 3.16. The predicted molar refractivity (Wildman–Crippen MR) is 95.0 cm³/mol. The molecule has 0 heterocycles. The Bertz CT molecular complexity index is 447. The summed E-state index contributed by atoms with van der Waals surface area (Å²) < 4.78 is 11.3. The van der Waals surface area contributed by atoms with Gasteiger partial charge in [-0.15, -0.1) is 0 Å². The Morgan fingerprint density at radius 3 is 1.83 bits per heavy atom. The number of unbranched alkanes of at least 4 members (excludes halogenated alkanes) is 2. The lowest BCUT2D eigenvalue weighted by Crippen LogP contribution is -2.28. The Hall–Kier alpha value is -1.19. The lowest BCUT2D eigenvalue weighted by Gasteiger charge is -2.20. The van der Waals surface area contributed by atoms with Crippen LogP contribution in [0.5, 0.6) is 0 Å². The zero-order chi connectivity index (χ0) is 17.3. The molecule has 0 saturated heterocycles. The zero-order valence-corrected chi connectivity index (χ0v) is 15.4. The van der Waals surface area contributed by atoms with E-state index in [2.05, 4.69) is 34.6 Å². The highest BCUT2D eigenvalue weighted by Gasteiger charge is 2.22. The van der Waals surface area contributed by atoms with Crippen molar-refractivity contribution in [3.8, 4) is 0 Å². The van der Waals surface area contributed by atoms with Crippen molar-refractivity contribution in [1.29, 1.82) is 0 Å². The van der Waals surface area contributed by atoms with Gasteiger partial charge in [-0.05, 0) is 23.8 Å². The molecular weight excluding hydrogens is 288 g/mol. The molecule has 0 aliphatic carbocycles. The lowest BCUT2D eigenvalue weighted by molar-refractivity contribution is -0.115. The van der Waals surface area contributed by atoms with Gasteiger partial charge >= 0.3 is 0 Å². The zero-order valence-electron chi connectivity index (χ0n) is 15.4. The van der Waals surface area contributed by atoms with E-state index in [0.29, 0.717) is 18.8 Å². The van der Waals surface area contributed by atoms with Gasteiger partial charge < -0.3 is 9.47 Å². The van der Waals surface area contributed by atoms with E-state index in [0.717, 1.165) is 25.7 Å². The Morgan fingerprint density at radius 2 is 1.43 bits per heavy atom. The summed E-state index contributed by atoms with van der Waals surface area (Å²) in [6.45, 7) is 11.8. The van der Waals surface area contributed by atoms with E-state index >= 15 is 0 Å². The highest BCUT2D eigenvalue weighted by molar-refractivity contribution is 5.98. The Morgan fingerprint density at radius 1 is 0.957 bits per heavy atom. The van der Waals surface area contributed by atoms with Crippen LogP contribution in [0.15, 0.2) is 24.3 Å². The van der Waals surface area contributed by atoms with E-state index < -0.39 is 6.29 Å². The van der Waals surface area contributed by atoms with Gasteiger partial charge in [0.15, 0.2) is 0 Å². The molecule has 1 aromatic rings. The molecular formula is C20H32O3. The van der Waals surface area contributed by atoms with E-state index in [1.165, 1.54) is 5.56 Å². The summed E-state index contributed by atoms with van der Waals surface area (Å²) in [4.78, 5) is 12.6. The summed E-state index contributed by atoms with van der Waals surface area (Å²) in [6, 6.07) is 7.79. The molecule has 3 heteroatoms. The van der Waals surface area contributed by atoms with Crippen molar-refractivity contribution in [2.45, 2.75) is 72.0 Å². The third kappa shape index (κ3) is 6.84. The highest BCUT2D eigenvalue weighted by Crippen LogP contribution is 2.22. The van der Waals surface area contributed by atoms with Crippen molar-refractivity contribution in [3.05, 3.63) is 35.4 Å². The number of carbonyl (C=O) groups excluding carboxylic acids is 1. The molecule has 0 atom stereocenters. The van der Waals surface area contributed by atoms with Crippen LogP contribution in [-0.4, -0.2) is 25.3 Å². The second-order valence-corrected chi connectivity index (χ2v) is 6.97. The molecule has 0 fully saturated rings. The number of rotatable bonds is 10. The Labute approximate surface area is 141 Å². The van der Waals surface area contributed by atoms with Crippen molar-refractivity contribution < 1.29 is 14.3 Å². The SMILES string of the molecule is CCCCOC(OCCCC)C(=O)c1ccc(C(C)(C)C)cc1. The van der Waals surface area contributed by atoms with Gasteiger partial charge in [0.1, 0.15) is 0 Å². The van der Waals surface area contributed by atoms with E-state index in [4.69, 9.17) is 9.47 Å². The van der Waals surface area contributed by atoms with Crippen LogP contribution in [-0.2, 0) is 14.9 Å². The number of Topliss-reactive ketones (excluding diaryl/α,β-unsaturated/α-hetero) is 1. The molecule has 0 amide bonds. The first kappa shape index (κ1) is 19.9. The molecule has 0 radical (unpaired) electrons. The number of hydrogen-bond acceptors (Lipinski definition) is 3. The first-order valence-electron chi connectivity index (χ1n) is 8.78. The first-order chi connectivity index (χ1) is 10.9. The number of carbonyl (C=O) groups is 1. The minimum absolute atomic E-state index is 0.0796. The van der Waals surface area contributed by atoms with E-state index in [9.17, 15) is 4.79 Å². The summed E-state index contributed by atoms with van der Waals surface area (Å²) in [5, 5.41) is 0. The molecule has 0 N–H and O–H groups in total. The highest BCUT2D eigenvalue weighted by atomic mass is 16.7. The van der Waals surface area contributed by atoms with Crippen LogP contribution in [0.4, 0.5) is 0 Å². The normalized spacial score (nSPS) is 11.9. The Kier molecular flexibility index (Phi) is 8.49. The van der Waals surface area contributed by atoms with Crippen LogP contribution in [0.1, 0.15) is 76.2 Å². The third-order valence-electron chi connectivity index (χ3n) is 3.78. The Balaban J connectivity index is 2.77. The van der Waals surface area contributed by atoms with Gasteiger partial charge in [0.2, 0.25) is 12.1 Å². The molecule has 1 rings (SSSR count). The summed E-state index contributed by atoms with van der Waals surface area (Å²) in [5.41, 5.74) is 1.94. The van der Waals surface area contributed by atoms with E-state index in [1.54, 1.807) is 0 Å². The van der Waals surface area contributed by atoms with E-state index in [-0.39, 0.29) is 11.2 Å². The summed E-state index contributed by atoms with van der Waals surface area (Å²) >= 11 is 0. The maximum Gasteiger partial charge on any atom is 0.222 e. The summed E-state index contributed by atoms with van der Waals surface area (Å²) in [5.74, 6) is -0.0855.